The van der Waals surface area contributed by atoms with E-state index >= 15 is 0 Å². The van der Waals surface area contributed by atoms with E-state index in [0.29, 0.717) is 0 Å². The zero-order valence-electron chi connectivity index (χ0n) is 7.90. The second-order valence-corrected chi connectivity index (χ2v) is 3.49. The molecule has 4 nitrogen and oxygen atoms in total. The molecule has 0 aromatic carbocycles. The summed E-state index contributed by atoms with van der Waals surface area (Å²) in [6.07, 6.45) is -0.786. The van der Waals surface area contributed by atoms with Crippen LogP contribution in [0.2, 0.25) is 5.15 Å². The molecule has 0 aliphatic heterocycles. The van der Waals surface area contributed by atoms with Crippen molar-refractivity contribution >= 4 is 11.6 Å². The lowest BCUT2D eigenvalue weighted by Gasteiger charge is -2.17. The van der Waals surface area contributed by atoms with Gasteiger partial charge < -0.3 is 15.9 Å². The Labute approximate surface area is 91.5 Å². The van der Waals surface area contributed by atoms with Gasteiger partial charge in [-0.3, -0.25) is 0 Å². The standard InChI is InChI=1S/C9H12ClFN2O2/c10-9-6(11)3-5(4-13-9)8(15)7(14)1-2-12/h3-4,7-8,14-15H,1-2,12H2. The molecule has 1 aromatic rings. The molecule has 0 amide bonds. The van der Waals surface area contributed by atoms with E-state index in [2.05, 4.69) is 4.98 Å². The van der Waals surface area contributed by atoms with E-state index < -0.39 is 18.0 Å². The first-order valence-electron chi connectivity index (χ1n) is 4.43. The Morgan fingerprint density at radius 3 is 2.73 bits per heavy atom. The highest BCUT2D eigenvalue weighted by atomic mass is 35.5. The van der Waals surface area contributed by atoms with E-state index in [-0.39, 0.29) is 23.7 Å². The van der Waals surface area contributed by atoms with Crippen molar-refractivity contribution in [2.45, 2.75) is 18.6 Å². The Morgan fingerprint density at radius 2 is 2.20 bits per heavy atom. The van der Waals surface area contributed by atoms with Crippen LogP contribution in [0.4, 0.5) is 4.39 Å². The van der Waals surface area contributed by atoms with Crippen molar-refractivity contribution in [3.8, 4) is 0 Å². The first-order valence-corrected chi connectivity index (χ1v) is 4.81. The minimum Gasteiger partial charge on any atom is -0.390 e. The van der Waals surface area contributed by atoms with Crippen LogP contribution in [0.3, 0.4) is 0 Å². The summed E-state index contributed by atoms with van der Waals surface area (Å²) in [7, 11) is 0. The van der Waals surface area contributed by atoms with Gasteiger partial charge in [0.1, 0.15) is 6.10 Å². The average Bonchev–Trinajstić information content (AvgIpc) is 2.21. The minimum absolute atomic E-state index is 0.179. The molecule has 0 saturated heterocycles. The van der Waals surface area contributed by atoms with Gasteiger partial charge in [0.15, 0.2) is 11.0 Å². The van der Waals surface area contributed by atoms with Gasteiger partial charge in [-0.25, -0.2) is 9.37 Å². The molecule has 0 spiro atoms. The third-order valence-electron chi connectivity index (χ3n) is 1.99. The molecule has 6 heteroatoms. The summed E-state index contributed by atoms with van der Waals surface area (Å²) in [5, 5.41) is 18.7. The molecule has 1 aromatic heterocycles. The topological polar surface area (TPSA) is 79.4 Å². The van der Waals surface area contributed by atoms with Crippen LogP contribution in [0, 0.1) is 5.82 Å². The van der Waals surface area contributed by atoms with Gasteiger partial charge in [0, 0.05) is 11.8 Å². The van der Waals surface area contributed by atoms with Crippen molar-refractivity contribution in [3.05, 3.63) is 28.8 Å². The van der Waals surface area contributed by atoms with Crippen molar-refractivity contribution in [2.24, 2.45) is 5.73 Å². The molecular formula is C9H12ClFN2O2. The van der Waals surface area contributed by atoms with Gasteiger partial charge in [-0.05, 0) is 19.0 Å². The number of hydrogen-bond donors (Lipinski definition) is 3. The smallest absolute Gasteiger partial charge is 0.164 e. The zero-order valence-corrected chi connectivity index (χ0v) is 8.65. The monoisotopic (exact) mass is 234 g/mol. The lowest BCUT2D eigenvalue weighted by molar-refractivity contribution is 0.0146. The SMILES string of the molecule is NCCC(O)C(O)c1cnc(Cl)c(F)c1. The summed E-state index contributed by atoms with van der Waals surface area (Å²) < 4.78 is 13.0. The molecule has 2 atom stereocenters. The van der Waals surface area contributed by atoms with Crippen LogP contribution < -0.4 is 5.73 Å². The van der Waals surface area contributed by atoms with Gasteiger partial charge in [0.25, 0.3) is 0 Å². The quantitative estimate of drug-likeness (QED) is 0.668. The molecule has 84 valence electrons. The van der Waals surface area contributed by atoms with E-state index in [1.807, 2.05) is 0 Å². The maximum atomic E-state index is 13.0. The van der Waals surface area contributed by atoms with Crippen molar-refractivity contribution in [3.63, 3.8) is 0 Å². The van der Waals surface area contributed by atoms with Crippen LogP contribution in [0.15, 0.2) is 12.3 Å². The molecule has 0 aliphatic rings. The summed E-state index contributed by atoms with van der Waals surface area (Å²) >= 11 is 5.38. The fourth-order valence-electron chi connectivity index (χ4n) is 1.15. The first kappa shape index (κ1) is 12.3. The van der Waals surface area contributed by atoms with Gasteiger partial charge in [-0.1, -0.05) is 11.6 Å². The fraction of sp³-hybridized carbons (Fsp3) is 0.444. The number of nitrogens with zero attached hydrogens (tertiary/aromatic N) is 1. The van der Waals surface area contributed by atoms with E-state index in [1.165, 1.54) is 6.20 Å². The summed E-state index contributed by atoms with van der Waals surface area (Å²) in [5.74, 6) is -0.729. The lowest BCUT2D eigenvalue weighted by atomic mass is 10.0. The van der Waals surface area contributed by atoms with E-state index in [0.717, 1.165) is 6.07 Å². The molecular weight excluding hydrogens is 223 g/mol. The highest BCUT2D eigenvalue weighted by Crippen LogP contribution is 2.21. The molecule has 0 bridgehead atoms. The molecule has 2 unspecified atom stereocenters. The summed E-state index contributed by atoms with van der Waals surface area (Å²) in [6.45, 7) is 0.238. The van der Waals surface area contributed by atoms with Gasteiger partial charge in [0.05, 0.1) is 6.10 Å². The maximum Gasteiger partial charge on any atom is 0.164 e. The Kier molecular flexibility index (Phi) is 4.41. The molecule has 15 heavy (non-hydrogen) atoms. The average molecular weight is 235 g/mol. The molecule has 0 saturated carbocycles. The lowest BCUT2D eigenvalue weighted by Crippen LogP contribution is -2.22. The van der Waals surface area contributed by atoms with E-state index in [4.69, 9.17) is 17.3 Å². The van der Waals surface area contributed by atoms with Crippen molar-refractivity contribution in [1.82, 2.24) is 4.98 Å². The highest BCUT2D eigenvalue weighted by Gasteiger charge is 2.19. The predicted molar refractivity (Wildman–Crippen MR) is 53.8 cm³/mol. The Bertz CT molecular complexity index is 338. The number of pyridine rings is 1. The second-order valence-electron chi connectivity index (χ2n) is 3.13. The van der Waals surface area contributed by atoms with Crippen LogP contribution >= 0.6 is 11.6 Å². The molecule has 4 N–H and O–H groups in total. The third-order valence-corrected chi connectivity index (χ3v) is 2.26. The largest absolute Gasteiger partial charge is 0.390 e. The van der Waals surface area contributed by atoms with Crippen LogP contribution in [0.5, 0.6) is 0 Å². The summed E-state index contributed by atoms with van der Waals surface area (Å²) in [4.78, 5) is 3.53. The summed E-state index contributed by atoms with van der Waals surface area (Å²) in [5.41, 5.74) is 5.40. The Hall–Kier alpha value is -0.750. The fourth-order valence-corrected chi connectivity index (χ4v) is 1.25. The Morgan fingerprint density at radius 1 is 1.53 bits per heavy atom. The first-order chi connectivity index (χ1) is 7.06. The molecule has 0 radical (unpaired) electrons. The van der Waals surface area contributed by atoms with Gasteiger partial charge in [-0.2, -0.15) is 0 Å². The van der Waals surface area contributed by atoms with Crippen LogP contribution in [0.25, 0.3) is 0 Å². The van der Waals surface area contributed by atoms with Crippen LogP contribution in [-0.4, -0.2) is 27.8 Å². The Balaban J connectivity index is 2.81. The number of rotatable bonds is 4. The maximum absolute atomic E-state index is 13.0. The van der Waals surface area contributed by atoms with Crippen LogP contribution in [0.1, 0.15) is 18.1 Å². The third kappa shape index (κ3) is 3.10. The van der Waals surface area contributed by atoms with Gasteiger partial charge >= 0.3 is 0 Å². The number of aromatic nitrogens is 1. The number of nitrogens with two attached hydrogens (primary N) is 1. The van der Waals surface area contributed by atoms with Crippen LogP contribution in [-0.2, 0) is 0 Å². The molecule has 1 heterocycles. The second kappa shape index (κ2) is 5.37. The number of hydrogen-bond acceptors (Lipinski definition) is 4. The molecule has 0 aliphatic carbocycles. The molecule has 0 fully saturated rings. The predicted octanol–water partition coefficient (Wildman–Crippen LogP) is 0.617. The van der Waals surface area contributed by atoms with Gasteiger partial charge in [-0.15, -0.1) is 0 Å². The number of aliphatic hydroxyl groups is 2. The zero-order chi connectivity index (χ0) is 11.4. The number of halogens is 2. The van der Waals surface area contributed by atoms with Crippen molar-refractivity contribution in [1.29, 1.82) is 0 Å². The normalized spacial score (nSPS) is 15.0. The van der Waals surface area contributed by atoms with E-state index in [9.17, 15) is 14.6 Å². The van der Waals surface area contributed by atoms with Gasteiger partial charge in [0.2, 0.25) is 0 Å². The summed E-state index contributed by atoms with van der Waals surface area (Å²) in [6, 6.07) is 1.04. The number of aliphatic hydroxyl groups excluding tert-OH is 2. The minimum atomic E-state index is -1.20. The molecule has 1 rings (SSSR count). The van der Waals surface area contributed by atoms with E-state index in [1.54, 1.807) is 0 Å². The highest BCUT2D eigenvalue weighted by molar-refractivity contribution is 6.29. The van der Waals surface area contributed by atoms with Crippen molar-refractivity contribution in [2.75, 3.05) is 6.54 Å². The van der Waals surface area contributed by atoms with Crippen molar-refractivity contribution < 1.29 is 14.6 Å².